The van der Waals surface area contributed by atoms with Crippen molar-refractivity contribution in [1.29, 1.82) is 0 Å². The number of aromatic nitrogens is 4. The second kappa shape index (κ2) is 6.23. The topological polar surface area (TPSA) is 81.7 Å². The lowest BCUT2D eigenvalue weighted by molar-refractivity contribution is 0.515. The third-order valence-corrected chi connectivity index (χ3v) is 3.96. The Labute approximate surface area is 120 Å². The first-order valence-electron chi connectivity index (χ1n) is 6.09. The normalized spacial score (nSPS) is 12.6. The highest BCUT2D eigenvalue weighted by atomic mass is 79.9. The number of nitrogens with zero attached hydrogens (tertiary/aromatic N) is 4. The summed E-state index contributed by atoms with van der Waals surface area (Å²) in [5.41, 5.74) is 5.74. The number of rotatable bonds is 5. The summed E-state index contributed by atoms with van der Waals surface area (Å²) >= 11 is 3.60. The summed E-state index contributed by atoms with van der Waals surface area (Å²) < 4.78 is 2.92. The molecular weight excluding hydrogens is 308 g/mol. The molecule has 0 saturated carbocycles. The van der Waals surface area contributed by atoms with Crippen LogP contribution in [-0.2, 0) is 19.9 Å². The lowest BCUT2D eigenvalue weighted by atomic mass is 10.1. The zero-order chi connectivity index (χ0) is 13.8. The Morgan fingerprint density at radius 2 is 2.26 bits per heavy atom. The van der Waals surface area contributed by atoms with Crippen LogP contribution in [0.3, 0.4) is 0 Å². The predicted octanol–water partition coefficient (Wildman–Crippen LogP) is 1.28. The maximum Gasteiger partial charge on any atom is 0.0773 e. The Hall–Kier alpha value is -1.31. The maximum atomic E-state index is 5.63. The summed E-state index contributed by atoms with van der Waals surface area (Å²) in [6, 6.07) is -0.0925. The van der Waals surface area contributed by atoms with Gasteiger partial charge in [0.2, 0.25) is 0 Å². The van der Waals surface area contributed by atoms with Gasteiger partial charge in [-0.3, -0.25) is 25.9 Å². The quantitative estimate of drug-likeness (QED) is 0.639. The Morgan fingerprint density at radius 1 is 1.47 bits per heavy atom. The van der Waals surface area contributed by atoms with E-state index in [0.29, 0.717) is 6.42 Å². The van der Waals surface area contributed by atoms with E-state index in [1.165, 1.54) is 0 Å². The second-order valence-electron chi connectivity index (χ2n) is 4.24. The van der Waals surface area contributed by atoms with Gasteiger partial charge in [-0.2, -0.15) is 5.10 Å². The van der Waals surface area contributed by atoms with E-state index in [4.69, 9.17) is 5.84 Å². The standard InChI is InChI=1S/C12H17BrN6/c1-3-8-12(13)11(19(2)18-8)6-9(17-14)10-7-15-4-5-16-10/h4-5,7,9,17H,3,6,14H2,1-2H3. The van der Waals surface area contributed by atoms with E-state index >= 15 is 0 Å². The van der Waals surface area contributed by atoms with Gasteiger partial charge in [0.1, 0.15) is 0 Å². The number of aryl methyl sites for hydroxylation is 2. The largest absolute Gasteiger partial charge is 0.271 e. The zero-order valence-electron chi connectivity index (χ0n) is 11.0. The minimum Gasteiger partial charge on any atom is -0.271 e. The average molecular weight is 325 g/mol. The molecular formula is C12H17BrN6. The first kappa shape index (κ1) is 14.1. The smallest absolute Gasteiger partial charge is 0.0773 e. The van der Waals surface area contributed by atoms with E-state index < -0.39 is 0 Å². The fourth-order valence-corrected chi connectivity index (χ4v) is 2.75. The van der Waals surface area contributed by atoms with Gasteiger partial charge >= 0.3 is 0 Å². The molecule has 19 heavy (non-hydrogen) atoms. The number of halogens is 1. The number of hydrogen-bond donors (Lipinski definition) is 2. The van der Waals surface area contributed by atoms with Gasteiger partial charge in [-0.15, -0.1) is 0 Å². The highest BCUT2D eigenvalue weighted by molar-refractivity contribution is 9.10. The lowest BCUT2D eigenvalue weighted by Gasteiger charge is -2.15. The van der Waals surface area contributed by atoms with Gasteiger partial charge in [0.15, 0.2) is 0 Å². The molecule has 2 aromatic rings. The molecule has 0 aliphatic heterocycles. The van der Waals surface area contributed by atoms with Crippen LogP contribution in [0, 0.1) is 0 Å². The minimum atomic E-state index is -0.0925. The first-order chi connectivity index (χ1) is 9.17. The van der Waals surface area contributed by atoms with Gasteiger partial charge in [0.25, 0.3) is 0 Å². The fraction of sp³-hybridized carbons (Fsp3) is 0.417. The van der Waals surface area contributed by atoms with Crippen LogP contribution >= 0.6 is 15.9 Å². The van der Waals surface area contributed by atoms with Gasteiger partial charge in [0, 0.05) is 25.9 Å². The van der Waals surface area contributed by atoms with Crippen LogP contribution in [0.2, 0.25) is 0 Å². The fourth-order valence-electron chi connectivity index (χ4n) is 1.97. The molecule has 6 nitrogen and oxygen atoms in total. The Balaban J connectivity index is 2.26. The van der Waals surface area contributed by atoms with Gasteiger partial charge < -0.3 is 0 Å². The van der Waals surface area contributed by atoms with E-state index in [2.05, 4.69) is 43.3 Å². The molecule has 102 valence electrons. The average Bonchev–Trinajstić information content (AvgIpc) is 2.72. The van der Waals surface area contributed by atoms with E-state index in [9.17, 15) is 0 Å². The summed E-state index contributed by atoms with van der Waals surface area (Å²) in [7, 11) is 1.93. The second-order valence-corrected chi connectivity index (χ2v) is 5.03. The van der Waals surface area contributed by atoms with Crippen molar-refractivity contribution < 1.29 is 0 Å². The lowest BCUT2D eigenvalue weighted by Crippen LogP contribution is -2.31. The Bertz CT molecular complexity index is 539. The molecule has 0 aromatic carbocycles. The molecule has 1 unspecified atom stereocenters. The van der Waals surface area contributed by atoms with Crippen LogP contribution in [0.1, 0.15) is 30.0 Å². The molecule has 0 aliphatic carbocycles. The molecule has 0 aliphatic rings. The summed E-state index contributed by atoms with van der Waals surface area (Å²) in [6.45, 7) is 2.08. The molecule has 3 N–H and O–H groups in total. The zero-order valence-corrected chi connectivity index (χ0v) is 12.6. The Morgan fingerprint density at radius 3 is 2.79 bits per heavy atom. The molecule has 0 amide bonds. The van der Waals surface area contributed by atoms with Crippen molar-refractivity contribution in [2.45, 2.75) is 25.8 Å². The molecule has 2 rings (SSSR count). The molecule has 2 heterocycles. The van der Waals surface area contributed by atoms with E-state index in [1.54, 1.807) is 18.6 Å². The predicted molar refractivity (Wildman–Crippen MR) is 76.1 cm³/mol. The maximum absolute atomic E-state index is 5.63. The highest BCUT2D eigenvalue weighted by Crippen LogP contribution is 2.25. The van der Waals surface area contributed by atoms with Crippen LogP contribution in [-0.4, -0.2) is 19.7 Å². The van der Waals surface area contributed by atoms with Crippen molar-refractivity contribution in [3.05, 3.63) is 40.1 Å². The van der Waals surface area contributed by atoms with Crippen molar-refractivity contribution in [1.82, 2.24) is 25.2 Å². The third kappa shape index (κ3) is 2.99. The number of nitrogens with two attached hydrogens (primary N) is 1. The van der Waals surface area contributed by atoms with E-state index in [-0.39, 0.29) is 6.04 Å². The van der Waals surface area contributed by atoms with Crippen molar-refractivity contribution in [2.75, 3.05) is 0 Å². The van der Waals surface area contributed by atoms with Crippen LogP contribution in [0.5, 0.6) is 0 Å². The van der Waals surface area contributed by atoms with Gasteiger partial charge in [-0.25, -0.2) is 0 Å². The molecule has 0 saturated heterocycles. The first-order valence-corrected chi connectivity index (χ1v) is 6.89. The summed E-state index contributed by atoms with van der Waals surface area (Å²) in [5.74, 6) is 5.63. The van der Waals surface area contributed by atoms with Gasteiger partial charge in [-0.05, 0) is 22.4 Å². The molecule has 0 radical (unpaired) electrons. The van der Waals surface area contributed by atoms with Crippen molar-refractivity contribution >= 4 is 15.9 Å². The molecule has 0 fully saturated rings. The number of hydrogen-bond acceptors (Lipinski definition) is 5. The highest BCUT2D eigenvalue weighted by Gasteiger charge is 2.19. The number of nitrogens with one attached hydrogen (secondary N) is 1. The van der Waals surface area contributed by atoms with Gasteiger partial charge in [0.05, 0.1) is 33.8 Å². The molecule has 0 spiro atoms. The van der Waals surface area contributed by atoms with Crippen LogP contribution in [0.15, 0.2) is 23.1 Å². The summed E-state index contributed by atoms with van der Waals surface area (Å²) in [5, 5.41) is 4.47. The van der Waals surface area contributed by atoms with Crippen LogP contribution in [0.25, 0.3) is 0 Å². The van der Waals surface area contributed by atoms with Crippen LogP contribution in [0.4, 0.5) is 0 Å². The van der Waals surface area contributed by atoms with Crippen molar-refractivity contribution in [2.24, 2.45) is 12.9 Å². The SMILES string of the molecule is CCc1nn(C)c(CC(NN)c2cnccn2)c1Br. The van der Waals surface area contributed by atoms with E-state index in [0.717, 1.165) is 28.0 Å². The van der Waals surface area contributed by atoms with E-state index in [1.807, 2.05) is 11.7 Å². The Kier molecular flexibility index (Phi) is 4.62. The monoisotopic (exact) mass is 324 g/mol. The van der Waals surface area contributed by atoms with Crippen molar-refractivity contribution in [3.8, 4) is 0 Å². The molecule has 7 heteroatoms. The molecule has 0 bridgehead atoms. The minimum absolute atomic E-state index is 0.0925. The van der Waals surface area contributed by atoms with Gasteiger partial charge in [-0.1, -0.05) is 6.92 Å². The van der Waals surface area contributed by atoms with Crippen LogP contribution < -0.4 is 11.3 Å². The third-order valence-electron chi connectivity index (χ3n) is 3.04. The summed E-state index contributed by atoms with van der Waals surface area (Å²) in [4.78, 5) is 8.35. The summed E-state index contributed by atoms with van der Waals surface area (Å²) in [6.07, 6.45) is 6.61. The molecule has 1 atom stereocenters. The molecule has 2 aromatic heterocycles. The number of hydrazine groups is 1. The van der Waals surface area contributed by atoms with Crippen molar-refractivity contribution in [3.63, 3.8) is 0 Å².